The lowest BCUT2D eigenvalue weighted by molar-refractivity contribution is 0.972. The van der Waals surface area contributed by atoms with Gasteiger partial charge in [0.05, 0.1) is 17.1 Å². The molecule has 0 radical (unpaired) electrons. The average Bonchev–Trinajstić information content (AvgIpc) is 3.13. The number of aromatic nitrogens is 3. The zero-order valence-corrected chi connectivity index (χ0v) is 14.5. The first-order valence-electron chi connectivity index (χ1n) is 8.57. The van der Waals surface area contributed by atoms with Gasteiger partial charge >= 0.3 is 0 Å². The molecule has 1 aliphatic heterocycles. The zero-order chi connectivity index (χ0) is 18.5. The number of anilines is 3. The highest BCUT2D eigenvalue weighted by atomic mass is 15.2. The third-order valence-electron chi connectivity index (χ3n) is 4.14. The lowest BCUT2D eigenvalue weighted by atomic mass is 10.2. The topological polar surface area (TPSA) is 98.5 Å². The maximum atomic E-state index is 9.66. The molecular weight excluding hydrogens is 338 g/mol. The van der Waals surface area contributed by atoms with Gasteiger partial charge in [0.25, 0.3) is 0 Å². The minimum atomic E-state index is 0.434. The third kappa shape index (κ3) is 3.70. The van der Waals surface area contributed by atoms with E-state index in [1.165, 1.54) is 0 Å². The molecule has 132 valence electrons. The summed E-state index contributed by atoms with van der Waals surface area (Å²) in [5, 5.41) is 19.3. The van der Waals surface area contributed by atoms with Crippen molar-refractivity contribution in [2.24, 2.45) is 0 Å². The van der Waals surface area contributed by atoms with Crippen molar-refractivity contribution < 1.29 is 0 Å². The van der Waals surface area contributed by atoms with E-state index >= 15 is 0 Å². The van der Waals surface area contributed by atoms with E-state index in [2.05, 4.69) is 37.0 Å². The van der Waals surface area contributed by atoms with E-state index in [9.17, 15) is 5.26 Å². The number of rotatable bonds is 5. The summed E-state index contributed by atoms with van der Waals surface area (Å²) in [6.07, 6.45) is 6.05. The maximum absolute atomic E-state index is 9.66. The van der Waals surface area contributed by atoms with Gasteiger partial charge in [-0.15, -0.1) is 0 Å². The van der Waals surface area contributed by atoms with E-state index in [1.807, 2.05) is 42.6 Å². The van der Waals surface area contributed by atoms with Gasteiger partial charge in [0.1, 0.15) is 17.5 Å². The number of hydrogen-bond acceptors (Lipinski definition) is 7. The predicted molar refractivity (Wildman–Crippen MR) is 105 cm³/mol. The van der Waals surface area contributed by atoms with Crippen LogP contribution >= 0.6 is 0 Å². The van der Waals surface area contributed by atoms with Crippen molar-refractivity contribution in [1.29, 1.82) is 5.26 Å². The molecule has 0 atom stereocenters. The van der Waals surface area contributed by atoms with E-state index in [4.69, 9.17) is 0 Å². The molecule has 2 aromatic heterocycles. The number of pyridine rings is 1. The molecule has 3 aromatic rings. The molecule has 0 bridgehead atoms. The summed E-state index contributed by atoms with van der Waals surface area (Å²) >= 11 is 0. The summed E-state index contributed by atoms with van der Waals surface area (Å²) in [4.78, 5) is 12.8. The normalized spacial score (nSPS) is 11.7. The van der Waals surface area contributed by atoms with Crippen molar-refractivity contribution in [1.82, 2.24) is 15.0 Å². The Morgan fingerprint density at radius 1 is 1.04 bits per heavy atom. The van der Waals surface area contributed by atoms with E-state index in [1.54, 1.807) is 18.5 Å². The van der Waals surface area contributed by atoms with Crippen LogP contribution < -0.4 is 16.0 Å². The van der Waals surface area contributed by atoms with E-state index in [0.717, 1.165) is 23.4 Å². The molecule has 4 rings (SSSR count). The van der Waals surface area contributed by atoms with Crippen LogP contribution in [0.2, 0.25) is 0 Å². The van der Waals surface area contributed by atoms with Crippen LogP contribution in [0, 0.1) is 11.3 Å². The molecular formula is C20H17N7. The summed E-state index contributed by atoms with van der Waals surface area (Å²) < 4.78 is 0. The number of hydrogen-bond donors (Lipinski definition) is 3. The van der Waals surface area contributed by atoms with Crippen molar-refractivity contribution in [2.75, 3.05) is 22.5 Å². The highest BCUT2D eigenvalue weighted by Gasteiger charge is 2.19. The first-order valence-corrected chi connectivity index (χ1v) is 8.57. The van der Waals surface area contributed by atoms with E-state index in [-0.39, 0.29) is 0 Å². The predicted octanol–water partition coefficient (Wildman–Crippen LogP) is 3.26. The Morgan fingerprint density at radius 3 is 2.56 bits per heavy atom. The molecule has 0 saturated heterocycles. The highest BCUT2D eigenvalue weighted by Crippen LogP contribution is 2.32. The second-order valence-corrected chi connectivity index (χ2v) is 5.96. The summed E-state index contributed by atoms with van der Waals surface area (Å²) in [7, 11) is 0. The Balaban J connectivity index is 1.50. The molecule has 0 aliphatic carbocycles. The monoisotopic (exact) mass is 355 g/mol. The van der Waals surface area contributed by atoms with Crippen LogP contribution in [-0.4, -0.2) is 21.5 Å². The molecule has 0 saturated carbocycles. The fourth-order valence-electron chi connectivity index (χ4n) is 2.82. The Kier molecular flexibility index (Phi) is 4.62. The van der Waals surface area contributed by atoms with Crippen LogP contribution in [-0.2, 0) is 6.42 Å². The molecule has 0 spiro atoms. The van der Waals surface area contributed by atoms with Gasteiger partial charge in [-0.1, -0.05) is 18.2 Å². The van der Waals surface area contributed by atoms with Gasteiger partial charge < -0.3 is 16.0 Å². The number of benzene rings is 1. The lowest BCUT2D eigenvalue weighted by Crippen LogP contribution is -2.10. The quantitative estimate of drug-likeness (QED) is 0.604. The van der Waals surface area contributed by atoms with Crippen molar-refractivity contribution in [3.8, 4) is 6.07 Å². The first kappa shape index (κ1) is 16.5. The second-order valence-electron chi connectivity index (χ2n) is 5.96. The zero-order valence-electron chi connectivity index (χ0n) is 14.5. The van der Waals surface area contributed by atoms with Gasteiger partial charge in [-0.25, -0.2) is 9.97 Å². The molecule has 1 aromatic carbocycles. The number of para-hydroxylation sites is 2. The van der Waals surface area contributed by atoms with Crippen molar-refractivity contribution >= 4 is 22.9 Å². The minimum absolute atomic E-state index is 0.434. The SMILES string of the molecule is N#CC(=C1Nc2ccccc2N1)c1ccnc(NCCc2cccnc2)n1. The molecule has 7 nitrogen and oxygen atoms in total. The lowest BCUT2D eigenvalue weighted by Gasteiger charge is -2.08. The van der Waals surface area contributed by atoms with E-state index < -0.39 is 0 Å². The molecule has 27 heavy (non-hydrogen) atoms. The molecule has 1 aliphatic rings. The Labute approximate surface area is 156 Å². The molecule has 0 amide bonds. The van der Waals surface area contributed by atoms with Crippen LogP contribution in [0.5, 0.6) is 0 Å². The number of nitrogens with zero attached hydrogens (tertiary/aromatic N) is 4. The Bertz CT molecular complexity index is 995. The molecule has 0 unspecified atom stereocenters. The number of allylic oxidation sites excluding steroid dienone is 1. The second kappa shape index (κ2) is 7.54. The van der Waals surface area contributed by atoms with Gasteiger partial charge in [-0.05, 0) is 36.2 Å². The molecule has 3 heterocycles. The van der Waals surface area contributed by atoms with Crippen LogP contribution in [0.25, 0.3) is 5.57 Å². The standard InChI is InChI=1S/C20H17N7/c21-12-15(19-25-17-5-1-2-6-18(17)26-19)16-8-11-24-20(27-16)23-10-7-14-4-3-9-22-13-14/h1-6,8-9,11,13,25-26H,7,10H2,(H,23,24,27). The molecule has 7 heteroatoms. The van der Waals surface area contributed by atoms with E-state index in [0.29, 0.717) is 29.6 Å². The van der Waals surface area contributed by atoms with Crippen LogP contribution in [0.3, 0.4) is 0 Å². The summed E-state index contributed by atoms with van der Waals surface area (Å²) in [5.41, 5.74) is 3.99. The summed E-state index contributed by atoms with van der Waals surface area (Å²) in [6, 6.07) is 15.7. The van der Waals surface area contributed by atoms with Crippen LogP contribution in [0.4, 0.5) is 17.3 Å². The van der Waals surface area contributed by atoms with Gasteiger partial charge in [0, 0.05) is 25.1 Å². The largest absolute Gasteiger partial charge is 0.354 e. The average molecular weight is 355 g/mol. The summed E-state index contributed by atoms with van der Waals surface area (Å²) in [5.74, 6) is 1.11. The Hall–Kier alpha value is -3.92. The van der Waals surface area contributed by atoms with Crippen molar-refractivity contribution in [2.45, 2.75) is 6.42 Å². The fourth-order valence-corrected chi connectivity index (χ4v) is 2.82. The van der Waals surface area contributed by atoms with Crippen LogP contribution in [0.1, 0.15) is 11.3 Å². The molecule has 0 fully saturated rings. The minimum Gasteiger partial charge on any atom is -0.354 e. The fraction of sp³-hybridized carbons (Fsp3) is 0.100. The van der Waals surface area contributed by atoms with Gasteiger partial charge in [-0.2, -0.15) is 5.26 Å². The first-order chi connectivity index (χ1) is 13.3. The number of nitrogens with one attached hydrogen (secondary N) is 3. The Morgan fingerprint density at radius 2 is 1.85 bits per heavy atom. The number of fused-ring (bicyclic) bond motifs is 1. The molecule has 3 N–H and O–H groups in total. The highest BCUT2D eigenvalue weighted by molar-refractivity contribution is 5.89. The third-order valence-corrected chi connectivity index (χ3v) is 4.14. The van der Waals surface area contributed by atoms with Gasteiger partial charge in [0.15, 0.2) is 0 Å². The summed E-state index contributed by atoms with van der Waals surface area (Å²) in [6.45, 7) is 0.676. The smallest absolute Gasteiger partial charge is 0.223 e. The van der Waals surface area contributed by atoms with Crippen molar-refractivity contribution in [3.05, 3.63) is 78.1 Å². The van der Waals surface area contributed by atoms with Crippen molar-refractivity contribution in [3.63, 3.8) is 0 Å². The van der Waals surface area contributed by atoms with Gasteiger partial charge in [0.2, 0.25) is 5.95 Å². The maximum Gasteiger partial charge on any atom is 0.223 e. The van der Waals surface area contributed by atoms with Gasteiger partial charge in [-0.3, -0.25) is 4.98 Å². The van der Waals surface area contributed by atoms with Crippen LogP contribution in [0.15, 0.2) is 66.9 Å². The number of nitriles is 1.